The smallest absolute Gasteiger partial charge is 0.223 e. The lowest BCUT2D eigenvalue weighted by Gasteiger charge is -2.28. The van der Waals surface area contributed by atoms with Crippen molar-refractivity contribution in [3.05, 3.63) is 71.8 Å². The zero-order valence-corrected chi connectivity index (χ0v) is 18.8. The van der Waals surface area contributed by atoms with Crippen LogP contribution in [0.5, 0.6) is 0 Å². The third-order valence-electron chi connectivity index (χ3n) is 8.15. The van der Waals surface area contributed by atoms with E-state index in [-0.39, 0.29) is 34.5 Å². The minimum atomic E-state index is 0.0460. The van der Waals surface area contributed by atoms with Crippen molar-refractivity contribution in [1.29, 1.82) is 0 Å². The van der Waals surface area contributed by atoms with Crippen LogP contribution >= 0.6 is 0 Å². The Kier molecular flexibility index (Phi) is 5.79. The fraction of sp³-hybridized carbons (Fsp3) is 0.500. The molecule has 0 atom stereocenters. The van der Waals surface area contributed by atoms with Gasteiger partial charge in [-0.25, -0.2) is 0 Å². The second kappa shape index (κ2) is 8.73. The first-order valence-corrected chi connectivity index (χ1v) is 12.3. The van der Waals surface area contributed by atoms with Gasteiger partial charge in [-0.3, -0.25) is 9.59 Å². The topological polar surface area (TPSA) is 58.2 Å². The molecule has 4 nitrogen and oxygen atoms in total. The lowest BCUT2D eigenvalue weighted by Crippen LogP contribution is -2.41. The minimum absolute atomic E-state index is 0.0460. The fourth-order valence-electron chi connectivity index (χ4n) is 5.44. The van der Waals surface area contributed by atoms with E-state index in [0.717, 1.165) is 64.5 Å². The molecule has 32 heavy (non-hydrogen) atoms. The Balaban J connectivity index is 1.06. The molecule has 3 fully saturated rings. The fourth-order valence-corrected chi connectivity index (χ4v) is 5.44. The molecule has 0 heterocycles. The summed E-state index contributed by atoms with van der Waals surface area (Å²) in [4.78, 5) is 25.6. The number of hydrogen-bond donors (Lipinski definition) is 2. The summed E-state index contributed by atoms with van der Waals surface area (Å²) in [6, 6.07) is 21.1. The Labute approximate surface area is 191 Å². The lowest BCUT2D eigenvalue weighted by molar-refractivity contribution is -0.130. The number of benzene rings is 2. The van der Waals surface area contributed by atoms with E-state index in [2.05, 4.69) is 59.2 Å². The minimum Gasteiger partial charge on any atom is -0.355 e. The third kappa shape index (κ3) is 4.46. The van der Waals surface area contributed by atoms with Crippen LogP contribution in [0, 0.1) is 11.8 Å². The van der Waals surface area contributed by atoms with Crippen LogP contribution in [-0.4, -0.2) is 24.9 Å². The van der Waals surface area contributed by atoms with Crippen LogP contribution in [0.15, 0.2) is 60.7 Å². The van der Waals surface area contributed by atoms with Crippen LogP contribution < -0.4 is 10.6 Å². The number of nitrogens with one attached hydrogen (secondary N) is 2. The van der Waals surface area contributed by atoms with Gasteiger partial charge in [0, 0.05) is 35.8 Å². The van der Waals surface area contributed by atoms with Gasteiger partial charge in [-0.1, -0.05) is 60.7 Å². The summed E-state index contributed by atoms with van der Waals surface area (Å²) in [5, 5.41) is 6.46. The highest BCUT2D eigenvalue weighted by Crippen LogP contribution is 2.48. The third-order valence-corrected chi connectivity index (χ3v) is 8.15. The molecule has 2 N–H and O–H groups in total. The van der Waals surface area contributed by atoms with Gasteiger partial charge in [0.1, 0.15) is 0 Å². The van der Waals surface area contributed by atoms with E-state index in [1.165, 1.54) is 11.1 Å². The van der Waals surface area contributed by atoms with Gasteiger partial charge in [-0.2, -0.15) is 0 Å². The average molecular weight is 431 g/mol. The van der Waals surface area contributed by atoms with E-state index in [1.54, 1.807) is 0 Å². The Bertz CT molecular complexity index is 860. The summed E-state index contributed by atoms with van der Waals surface area (Å²) in [5.41, 5.74) is 2.96. The molecule has 168 valence electrons. The van der Waals surface area contributed by atoms with E-state index >= 15 is 0 Å². The van der Waals surface area contributed by atoms with Crippen molar-refractivity contribution in [2.75, 3.05) is 13.1 Å². The van der Waals surface area contributed by atoms with E-state index < -0.39 is 0 Å². The Morgan fingerprint density at radius 2 is 0.969 bits per heavy atom. The van der Waals surface area contributed by atoms with Crippen molar-refractivity contribution in [3.63, 3.8) is 0 Å². The van der Waals surface area contributed by atoms with Crippen molar-refractivity contribution < 1.29 is 9.59 Å². The molecule has 0 bridgehead atoms. The standard InChI is InChI=1S/C28H34N2O2/c31-25(29-19-27(15-16-27)23-7-3-1-4-8-23)21-11-13-22(14-12-21)26(32)30-20-28(17-18-28)24-9-5-2-6-10-24/h1-10,21-22H,11-20H2,(H,29,31)(H,30,32). The molecule has 3 aliphatic carbocycles. The van der Waals surface area contributed by atoms with E-state index in [0.29, 0.717) is 0 Å². The van der Waals surface area contributed by atoms with Gasteiger partial charge < -0.3 is 10.6 Å². The van der Waals surface area contributed by atoms with E-state index in [4.69, 9.17) is 0 Å². The zero-order chi connectivity index (χ0) is 22.0. The molecular formula is C28H34N2O2. The molecule has 0 aromatic heterocycles. The highest BCUT2D eigenvalue weighted by Gasteiger charge is 2.45. The molecule has 2 aromatic carbocycles. The first-order valence-electron chi connectivity index (χ1n) is 12.3. The molecule has 4 heteroatoms. The summed E-state index contributed by atoms with van der Waals surface area (Å²) >= 11 is 0. The van der Waals surface area contributed by atoms with Crippen molar-refractivity contribution in [1.82, 2.24) is 10.6 Å². The second-order valence-corrected chi connectivity index (χ2v) is 10.3. The van der Waals surface area contributed by atoms with Crippen LogP contribution in [0.2, 0.25) is 0 Å². The Morgan fingerprint density at radius 1 is 0.625 bits per heavy atom. The first-order chi connectivity index (χ1) is 15.6. The van der Waals surface area contributed by atoms with Gasteiger partial charge in [-0.15, -0.1) is 0 Å². The number of amides is 2. The van der Waals surface area contributed by atoms with Gasteiger partial charge in [0.15, 0.2) is 0 Å². The first kappa shape index (κ1) is 21.2. The average Bonchev–Trinajstić information content (AvgIpc) is 3.79. The van der Waals surface area contributed by atoms with Crippen LogP contribution in [0.4, 0.5) is 0 Å². The van der Waals surface area contributed by atoms with Crippen LogP contribution in [0.1, 0.15) is 62.5 Å². The summed E-state index contributed by atoms with van der Waals surface area (Å²) in [6.07, 6.45) is 7.84. The molecular weight excluding hydrogens is 396 g/mol. The second-order valence-electron chi connectivity index (χ2n) is 10.3. The molecule has 0 aliphatic heterocycles. The maximum absolute atomic E-state index is 12.8. The van der Waals surface area contributed by atoms with Crippen molar-refractivity contribution in [2.45, 2.75) is 62.2 Å². The molecule has 0 spiro atoms. The monoisotopic (exact) mass is 430 g/mol. The van der Waals surface area contributed by atoms with Crippen molar-refractivity contribution >= 4 is 11.8 Å². The summed E-state index contributed by atoms with van der Waals surface area (Å²) in [7, 11) is 0. The number of rotatable bonds is 8. The molecule has 5 rings (SSSR count). The molecule has 0 unspecified atom stereocenters. The predicted molar refractivity (Wildman–Crippen MR) is 126 cm³/mol. The van der Waals surface area contributed by atoms with Crippen LogP contribution in [0.25, 0.3) is 0 Å². The lowest BCUT2D eigenvalue weighted by atomic mass is 9.81. The summed E-state index contributed by atoms with van der Waals surface area (Å²) in [6.45, 7) is 1.47. The van der Waals surface area contributed by atoms with Gasteiger partial charge in [0.25, 0.3) is 0 Å². The van der Waals surface area contributed by atoms with Crippen LogP contribution in [-0.2, 0) is 20.4 Å². The summed E-state index contributed by atoms with van der Waals surface area (Å²) in [5.74, 6) is 0.439. The van der Waals surface area contributed by atoms with Gasteiger partial charge in [0.05, 0.1) is 0 Å². The summed E-state index contributed by atoms with van der Waals surface area (Å²) < 4.78 is 0. The zero-order valence-electron chi connectivity index (χ0n) is 18.8. The van der Waals surface area contributed by atoms with Crippen molar-refractivity contribution in [2.24, 2.45) is 11.8 Å². The predicted octanol–water partition coefficient (Wildman–Crippen LogP) is 4.49. The largest absolute Gasteiger partial charge is 0.355 e. The maximum Gasteiger partial charge on any atom is 0.223 e. The number of hydrogen-bond acceptors (Lipinski definition) is 2. The molecule has 0 saturated heterocycles. The highest BCUT2D eigenvalue weighted by atomic mass is 16.2. The van der Waals surface area contributed by atoms with Gasteiger partial charge in [-0.05, 0) is 62.5 Å². The quantitative estimate of drug-likeness (QED) is 0.648. The molecule has 3 aliphatic rings. The van der Waals surface area contributed by atoms with Gasteiger partial charge in [0.2, 0.25) is 11.8 Å². The van der Waals surface area contributed by atoms with Crippen LogP contribution in [0.3, 0.4) is 0 Å². The normalized spacial score (nSPS) is 24.9. The van der Waals surface area contributed by atoms with Gasteiger partial charge >= 0.3 is 0 Å². The highest BCUT2D eigenvalue weighted by molar-refractivity contribution is 5.81. The Morgan fingerprint density at radius 3 is 1.28 bits per heavy atom. The van der Waals surface area contributed by atoms with Crippen molar-refractivity contribution in [3.8, 4) is 0 Å². The molecule has 3 saturated carbocycles. The number of carbonyl (C=O) groups excluding carboxylic acids is 2. The SMILES string of the molecule is O=C(NCC1(c2ccccc2)CC1)C1CCC(C(=O)NCC2(c3ccccc3)CC2)CC1. The molecule has 0 radical (unpaired) electrons. The molecule has 2 amide bonds. The van der Waals surface area contributed by atoms with E-state index in [1.807, 2.05) is 12.1 Å². The molecule has 2 aromatic rings. The van der Waals surface area contributed by atoms with E-state index in [9.17, 15) is 9.59 Å². The maximum atomic E-state index is 12.8. The number of carbonyl (C=O) groups is 2. The Hall–Kier alpha value is -2.62.